The summed E-state index contributed by atoms with van der Waals surface area (Å²) in [5.41, 5.74) is 0.608. The van der Waals surface area contributed by atoms with E-state index in [0.29, 0.717) is 24.5 Å². The molecule has 19 heavy (non-hydrogen) atoms. The molecule has 1 aromatic rings. The first-order valence-corrected chi connectivity index (χ1v) is 6.49. The van der Waals surface area contributed by atoms with Gasteiger partial charge in [0.05, 0.1) is 13.0 Å². The monoisotopic (exact) mass is 275 g/mol. The van der Waals surface area contributed by atoms with Crippen LogP contribution in [-0.2, 0) is 0 Å². The van der Waals surface area contributed by atoms with E-state index in [1.54, 1.807) is 24.3 Å². The van der Waals surface area contributed by atoms with Crippen molar-refractivity contribution < 1.29 is 17.9 Å². The molecule has 108 valence electrons. The van der Waals surface area contributed by atoms with Crippen LogP contribution in [0.1, 0.15) is 38.3 Å². The van der Waals surface area contributed by atoms with Gasteiger partial charge < -0.3 is 10.1 Å². The molecule has 1 rings (SSSR count). The van der Waals surface area contributed by atoms with Crippen LogP contribution in [0.4, 0.5) is 13.2 Å². The predicted molar refractivity (Wildman–Crippen MR) is 69.3 cm³/mol. The highest BCUT2D eigenvalue weighted by atomic mass is 19.4. The minimum Gasteiger partial charge on any atom is -0.494 e. The van der Waals surface area contributed by atoms with Gasteiger partial charge in [-0.25, -0.2) is 0 Å². The van der Waals surface area contributed by atoms with Crippen molar-refractivity contribution in [2.24, 2.45) is 0 Å². The molecule has 1 unspecified atom stereocenters. The van der Waals surface area contributed by atoms with Gasteiger partial charge in [0.2, 0.25) is 0 Å². The van der Waals surface area contributed by atoms with Crippen molar-refractivity contribution in [2.45, 2.75) is 38.9 Å². The fourth-order valence-corrected chi connectivity index (χ4v) is 1.85. The maximum Gasteiger partial charge on any atom is 0.390 e. The second-order valence-electron chi connectivity index (χ2n) is 4.33. The summed E-state index contributed by atoms with van der Waals surface area (Å²) in [5.74, 6) is 0.602. The van der Waals surface area contributed by atoms with Crippen LogP contribution in [0.5, 0.6) is 5.75 Å². The van der Waals surface area contributed by atoms with Crippen LogP contribution in [0.2, 0.25) is 0 Å². The molecule has 0 saturated heterocycles. The molecule has 0 radical (unpaired) electrons. The van der Waals surface area contributed by atoms with Crippen molar-refractivity contribution in [3.8, 4) is 5.75 Å². The highest BCUT2D eigenvalue weighted by Gasteiger charge is 2.32. The van der Waals surface area contributed by atoms with Gasteiger partial charge >= 0.3 is 6.18 Å². The van der Waals surface area contributed by atoms with E-state index in [4.69, 9.17) is 4.74 Å². The van der Waals surface area contributed by atoms with E-state index in [1.165, 1.54) is 0 Å². The smallest absolute Gasteiger partial charge is 0.390 e. The number of hydrogen-bond donors (Lipinski definition) is 1. The zero-order valence-electron chi connectivity index (χ0n) is 11.3. The first-order valence-electron chi connectivity index (χ1n) is 6.49. The lowest BCUT2D eigenvalue weighted by Gasteiger charge is -2.21. The van der Waals surface area contributed by atoms with Gasteiger partial charge in [-0.15, -0.1) is 0 Å². The number of alkyl halides is 3. The number of nitrogens with one attached hydrogen (secondary N) is 1. The molecule has 0 amide bonds. The summed E-state index contributed by atoms with van der Waals surface area (Å²) in [4.78, 5) is 0. The normalized spacial score (nSPS) is 13.3. The number of ether oxygens (including phenoxy) is 1. The van der Waals surface area contributed by atoms with Crippen LogP contribution in [0, 0.1) is 0 Å². The summed E-state index contributed by atoms with van der Waals surface area (Å²) in [5, 5.41) is 2.94. The largest absolute Gasteiger partial charge is 0.494 e. The van der Waals surface area contributed by atoms with E-state index in [1.807, 2.05) is 13.8 Å². The molecule has 0 fully saturated rings. The molecule has 0 aliphatic heterocycles. The maximum absolute atomic E-state index is 12.6. The van der Waals surface area contributed by atoms with Crippen LogP contribution < -0.4 is 10.1 Å². The standard InChI is InChI=1S/C14H20F3NO/c1-3-8-18-13(10-14(15,16)17)11-6-5-7-12(9-11)19-4-2/h5-7,9,13,18H,3-4,8,10H2,1-2H3. The summed E-state index contributed by atoms with van der Waals surface area (Å²) >= 11 is 0. The zero-order valence-corrected chi connectivity index (χ0v) is 11.3. The first-order chi connectivity index (χ1) is 8.96. The Labute approximate surface area is 112 Å². The van der Waals surface area contributed by atoms with Gasteiger partial charge in [-0.1, -0.05) is 19.1 Å². The van der Waals surface area contributed by atoms with Gasteiger partial charge in [0, 0.05) is 6.04 Å². The molecule has 0 spiro atoms. The highest BCUT2D eigenvalue weighted by Crippen LogP contribution is 2.30. The van der Waals surface area contributed by atoms with Gasteiger partial charge in [0.1, 0.15) is 5.75 Å². The molecule has 0 aliphatic carbocycles. The van der Waals surface area contributed by atoms with Crippen LogP contribution in [-0.4, -0.2) is 19.3 Å². The number of halogens is 3. The summed E-state index contributed by atoms with van der Waals surface area (Å²) in [6.07, 6.45) is -4.27. The Morgan fingerprint density at radius 2 is 2.00 bits per heavy atom. The molecular weight excluding hydrogens is 255 g/mol. The molecule has 0 aromatic heterocycles. The van der Waals surface area contributed by atoms with Crippen molar-refractivity contribution in [1.29, 1.82) is 0 Å². The zero-order chi connectivity index (χ0) is 14.3. The molecule has 1 aromatic carbocycles. The summed E-state index contributed by atoms with van der Waals surface area (Å²) in [6.45, 7) is 4.82. The lowest BCUT2D eigenvalue weighted by molar-refractivity contribution is -0.140. The summed E-state index contributed by atoms with van der Waals surface area (Å²) in [6, 6.07) is 6.11. The van der Waals surface area contributed by atoms with E-state index in [-0.39, 0.29) is 0 Å². The molecule has 2 nitrogen and oxygen atoms in total. The predicted octanol–water partition coefficient (Wildman–Crippen LogP) is 4.08. The van der Waals surface area contributed by atoms with E-state index < -0.39 is 18.6 Å². The fourth-order valence-electron chi connectivity index (χ4n) is 1.85. The maximum atomic E-state index is 12.6. The molecule has 0 saturated carbocycles. The third kappa shape index (κ3) is 5.96. The highest BCUT2D eigenvalue weighted by molar-refractivity contribution is 5.30. The Kier molecular flexibility index (Phi) is 6.15. The van der Waals surface area contributed by atoms with Gasteiger partial charge in [0.15, 0.2) is 0 Å². The topological polar surface area (TPSA) is 21.3 Å². The average molecular weight is 275 g/mol. The summed E-state index contributed by atoms with van der Waals surface area (Å²) < 4.78 is 43.1. The van der Waals surface area contributed by atoms with E-state index >= 15 is 0 Å². The Morgan fingerprint density at radius 3 is 2.58 bits per heavy atom. The lowest BCUT2D eigenvalue weighted by Crippen LogP contribution is -2.27. The number of hydrogen-bond acceptors (Lipinski definition) is 2. The summed E-state index contributed by atoms with van der Waals surface area (Å²) in [7, 11) is 0. The van der Waals surface area contributed by atoms with Crippen molar-refractivity contribution in [3.63, 3.8) is 0 Å². The van der Waals surface area contributed by atoms with Gasteiger partial charge in [-0.3, -0.25) is 0 Å². The molecule has 0 aliphatic rings. The SMILES string of the molecule is CCCNC(CC(F)(F)F)c1cccc(OCC)c1. The molecule has 1 atom stereocenters. The molecule has 0 heterocycles. The second kappa shape index (κ2) is 7.38. The van der Waals surface area contributed by atoms with Crippen LogP contribution in [0.15, 0.2) is 24.3 Å². The Hall–Kier alpha value is -1.23. The fraction of sp³-hybridized carbons (Fsp3) is 0.571. The minimum absolute atomic E-state index is 0.496. The number of benzene rings is 1. The third-order valence-electron chi connectivity index (χ3n) is 2.65. The third-order valence-corrected chi connectivity index (χ3v) is 2.65. The van der Waals surface area contributed by atoms with Crippen molar-refractivity contribution in [1.82, 2.24) is 5.32 Å². The minimum atomic E-state index is -4.19. The molecule has 5 heteroatoms. The Balaban J connectivity index is 2.86. The van der Waals surface area contributed by atoms with E-state index in [9.17, 15) is 13.2 Å². The number of rotatable bonds is 7. The van der Waals surface area contributed by atoms with Crippen LogP contribution >= 0.6 is 0 Å². The van der Waals surface area contributed by atoms with Gasteiger partial charge in [-0.2, -0.15) is 13.2 Å². The van der Waals surface area contributed by atoms with Gasteiger partial charge in [-0.05, 0) is 37.6 Å². The van der Waals surface area contributed by atoms with E-state index in [2.05, 4.69) is 5.32 Å². The molecular formula is C14H20F3NO. The van der Waals surface area contributed by atoms with E-state index in [0.717, 1.165) is 6.42 Å². The van der Waals surface area contributed by atoms with Crippen LogP contribution in [0.25, 0.3) is 0 Å². The Morgan fingerprint density at radius 1 is 1.26 bits per heavy atom. The van der Waals surface area contributed by atoms with Crippen molar-refractivity contribution in [3.05, 3.63) is 29.8 Å². The average Bonchev–Trinajstić information content (AvgIpc) is 2.34. The quantitative estimate of drug-likeness (QED) is 0.809. The molecule has 1 N–H and O–H groups in total. The first kappa shape index (κ1) is 15.8. The van der Waals surface area contributed by atoms with Crippen molar-refractivity contribution >= 4 is 0 Å². The molecule has 0 bridgehead atoms. The second-order valence-corrected chi connectivity index (χ2v) is 4.33. The lowest BCUT2D eigenvalue weighted by atomic mass is 10.0. The van der Waals surface area contributed by atoms with Crippen molar-refractivity contribution in [2.75, 3.05) is 13.2 Å². The Bertz CT molecular complexity index is 379. The van der Waals surface area contributed by atoms with Gasteiger partial charge in [0.25, 0.3) is 0 Å². The van der Waals surface area contributed by atoms with Crippen LogP contribution in [0.3, 0.4) is 0 Å².